The molecule has 1 rings (SSSR count). The summed E-state index contributed by atoms with van der Waals surface area (Å²) >= 11 is 0. The van der Waals surface area contributed by atoms with Crippen LogP contribution in [0.3, 0.4) is 0 Å². The highest BCUT2D eigenvalue weighted by molar-refractivity contribution is 5.82. The van der Waals surface area contributed by atoms with Crippen LogP contribution in [-0.2, 0) is 4.79 Å². The smallest absolute Gasteiger partial charge is 0.229 e. The Kier molecular flexibility index (Phi) is 4.11. The standard InChI is InChI=1S/C11H22N2O2/c1-11(2,8-12)10(15)13-5-3-9(7-13)4-6-14/h9,14H,3-8,12H2,1-2H3. The third-order valence-electron chi connectivity index (χ3n) is 3.20. The third kappa shape index (κ3) is 2.92. The van der Waals surface area contributed by atoms with E-state index in [1.165, 1.54) is 0 Å². The van der Waals surface area contributed by atoms with E-state index in [9.17, 15) is 4.79 Å². The second-order valence-corrected chi connectivity index (χ2v) is 5.01. The van der Waals surface area contributed by atoms with E-state index in [-0.39, 0.29) is 12.5 Å². The lowest BCUT2D eigenvalue weighted by Crippen LogP contribution is -2.43. The summed E-state index contributed by atoms with van der Waals surface area (Å²) < 4.78 is 0. The number of carbonyl (C=O) groups excluding carboxylic acids is 1. The Labute approximate surface area is 91.4 Å². The summed E-state index contributed by atoms with van der Waals surface area (Å²) in [6.07, 6.45) is 1.81. The van der Waals surface area contributed by atoms with E-state index in [4.69, 9.17) is 10.8 Å². The predicted molar refractivity (Wildman–Crippen MR) is 59.2 cm³/mol. The first kappa shape index (κ1) is 12.5. The molecule has 0 aliphatic carbocycles. The molecule has 3 N–H and O–H groups in total. The largest absolute Gasteiger partial charge is 0.396 e. The first-order valence-corrected chi connectivity index (χ1v) is 5.61. The van der Waals surface area contributed by atoms with E-state index in [0.29, 0.717) is 12.5 Å². The topological polar surface area (TPSA) is 66.6 Å². The third-order valence-corrected chi connectivity index (χ3v) is 3.20. The zero-order valence-electron chi connectivity index (χ0n) is 9.70. The molecule has 88 valence electrons. The van der Waals surface area contributed by atoms with Crippen molar-refractivity contribution in [2.45, 2.75) is 26.7 Å². The maximum atomic E-state index is 12.0. The Bertz CT molecular complexity index is 229. The number of amides is 1. The minimum atomic E-state index is -0.450. The summed E-state index contributed by atoms with van der Waals surface area (Å²) in [5.41, 5.74) is 5.13. The Morgan fingerprint density at radius 3 is 2.80 bits per heavy atom. The number of hydrogen-bond donors (Lipinski definition) is 2. The lowest BCUT2D eigenvalue weighted by Gasteiger charge is -2.28. The minimum absolute atomic E-state index is 0.144. The van der Waals surface area contributed by atoms with Gasteiger partial charge >= 0.3 is 0 Å². The molecule has 1 atom stereocenters. The van der Waals surface area contributed by atoms with Crippen molar-refractivity contribution in [2.24, 2.45) is 17.1 Å². The van der Waals surface area contributed by atoms with Crippen molar-refractivity contribution in [3.05, 3.63) is 0 Å². The molecule has 1 amide bonds. The quantitative estimate of drug-likeness (QED) is 0.702. The Morgan fingerprint density at radius 2 is 2.27 bits per heavy atom. The van der Waals surface area contributed by atoms with Crippen molar-refractivity contribution >= 4 is 5.91 Å². The number of hydrogen-bond acceptors (Lipinski definition) is 3. The van der Waals surface area contributed by atoms with Gasteiger partial charge in [0.05, 0.1) is 5.41 Å². The second-order valence-electron chi connectivity index (χ2n) is 5.01. The maximum Gasteiger partial charge on any atom is 0.229 e. The number of rotatable bonds is 4. The monoisotopic (exact) mass is 214 g/mol. The molecule has 0 bridgehead atoms. The normalized spacial score (nSPS) is 22.1. The van der Waals surface area contributed by atoms with Gasteiger partial charge in [-0.3, -0.25) is 4.79 Å². The van der Waals surface area contributed by atoms with Gasteiger partial charge in [0.2, 0.25) is 5.91 Å². The molecule has 0 aromatic rings. The number of nitrogens with two attached hydrogens (primary N) is 1. The number of aliphatic hydroxyl groups excluding tert-OH is 1. The molecule has 1 unspecified atom stereocenters. The molecule has 1 fully saturated rings. The number of nitrogens with zero attached hydrogens (tertiary/aromatic N) is 1. The van der Waals surface area contributed by atoms with Crippen LogP contribution in [0.15, 0.2) is 0 Å². The summed E-state index contributed by atoms with van der Waals surface area (Å²) in [6, 6.07) is 0. The molecule has 1 heterocycles. The van der Waals surface area contributed by atoms with Gasteiger partial charge in [0.1, 0.15) is 0 Å². The van der Waals surface area contributed by atoms with Gasteiger partial charge in [-0.05, 0) is 32.6 Å². The van der Waals surface area contributed by atoms with Crippen LogP contribution >= 0.6 is 0 Å². The number of aliphatic hydroxyl groups is 1. The van der Waals surface area contributed by atoms with Gasteiger partial charge in [0, 0.05) is 26.2 Å². The van der Waals surface area contributed by atoms with Crippen molar-refractivity contribution < 1.29 is 9.90 Å². The highest BCUT2D eigenvalue weighted by atomic mass is 16.3. The van der Waals surface area contributed by atoms with Crippen LogP contribution in [0.2, 0.25) is 0 Å². The SMILES string of the molecule is CC(C)(CN)C(=O)N1CCC(CCO)C1. The van der Waals surface area contributed by atoms with E-state index in [2.05, 4.69) is 0 Å². The Hall–Kier alpha value is -0.610. The Morgan fingerprint density at radius 1 is 1.60 bits per heavy atom. The van der Waals surface area contributed by atoms with Crippen LogP contribution in [0, 0.1) is 11.3 Å². The molecule has 15 heavy (non-hydrogen) atoms. The fourth-order valence-electron chi connectivity index (χ4n) is 1.95. The predicted octanol–water partition coefficient (Wildman–Crippen LogP) is 0.202. The molecule has 0 radical (unpaired) electrons. The molecule has 1 aliphatic rings. The van der Waals surface area contributed by atoms with Crippen molar-refractivity contribution in [1.82, 2.24) is 4.90 Å². The molecule has 0 spiro atoms. The summed E-state index contributed by atoms with van der Waals surface area (Å²) in [5.74, 6) is 0.609. The average Bonchev–Trinajstić information content (AvgIpc) is 2.66. The van der Waals surface area contributed by atoms with Crippen molar-refractivity contribution in [3.63, 3.8) is 0 Å². The molecule has 4 heteroatoms. The van der Waals surface area contributed by atoms with Crippen LogP contribution in [0.5, 0.6) is 0 Å². The van der Waals surface area contributed by atoms with Gasteiger partial charge in [-0.15, -0.1) is 0 Å². The van der Waals surface area contributed by atoms with Crippen molar-refractivity contribution in [3.8, 4) is 0 Å². The first-order chi connectivity index (χ1) is 7.01. The number of carbonyl (C=O) groups is 1. The minimum Gasteiger partial charge on any atom is -0.396 e. The van der Waals surface area contributed by atoms with Crippen LogP contribution in [0.25, 0.3) is 0 Å². The summed E-state index contributed by atoms with van der Waals surface area (Å²) in [5, 5.41) is 8.83. The van der Waals surface area contributed by atoms with Gasteiger partial charge in [0.15, 0.2) is 0 Å². The molecule has 0 saturated carbocycles. The van der Waals surface area contributed by atoms with E-state index < -0.39 is 5.41 Å². The summed E-state index contributed by atoms with van der Waals surface area (Å²) in [4.78, 5) is 13.9. The van der Waals surface area contributed by atoms with Gasteiger partial charge in [-0.25, -0.2) is 0 Å². The zero-order chi connectivity index (χ0) is 11.5. The molecule has 4 nitrogen and oxygen atoms in total. The van der Waals surface area contributed by atoms with Gasteiger partial charge in [-0.1, -0.05) is 0 Å². The summed E-state index contributed by atoms with van der Waals surface area (Å²) in [7, 11) is 0. The van der Waals surface area contributed by atoms with Gasteiger partial charge in [-0.2, -0.15) is 0 Å². The Balaban J connectivity index is 2.50. The van der Waals surface area contributed by atoms with Crippen molar-refractivity contribution in [1.29, 1.82) is 0 Å². The second kappa shape index (κ2) is 4.94. The van der Waals surface area contributed by atoms with Crippen LogP contribution in [0.1, 0.15) is 26.7 Å². The number of likely N-dealkylation sites (tertiary alicyclic amines) is 1. The van der Waals surface area contributed by atoms with Gasteiger partial charge in [0.25, 0.3) is 0 Å². The molecule has 0 aromatic heterocycles. The highest BCUT2D eigenvalue weighted by Crippen LogP contribution is 2.24. The van der Waals surface area contributed by atoms with Crippen molar-refractivity contribution in [2.75, 3.05) is 26.2 Å². The van der Waals surface area contributed by atoms with E-state index >= 15 is 0 Å². The molecule has 0 aromatic carbocycles. The lowest BCUT2D eigenvalue weighted by atomic mass is 9.92. The fourth-order valence-corrected chi connectivity index (χ4v) is 1.95. The lowest BCUT2D eigenvalue weighted by molar-refractivity contribution is -0.138. The van der Waals surface area contributed by atoms with Crippen LogP contribution in [-0.4, -0.2) is 42.2 Å². The fraction of sp³-hybridized carbons (Fsp3) is 0.909. The van der Waals surface area contributed by atoms with Crippen LogP contribution in [0.4, 0.5) is 0 Å². The molecular weight excluding hydrogens is 192 g/mol. The van der Waals surface area contributed by atoms with E-state index in [1.807, 2.05) is 18.7 Å². The average molecular weight is 214 g/mol. The molecule has 1 aliphatic heterocycles. The van der Waals surface area contributed by atoms with Gasteiger partial charge < -0.3 is 15.7 Å². The zero-order valence-corrected chi connectivity index (χ0v) is 9.70. The van der Waals surface area contributed by atoms with E-state index in [1.54, 1.807) is 0 Å². The molecular formula is C11H22N2O2. The maximum absolute atomic E-state index is 12.0. The first-order valence-electron chi connectivity index (χ1n) is 5.61. The van der Waals surface area contributed by atoms with Crippen LogP contribution < -0.4 is 5.73 Å². The highest BCUT2D eigenvalue weighted by Gasteiger charge is 2.34. The summed E-state index contributed by atoms with van der Waals surface area (Å²) in [6.45, 7) is 5.96. The van der Waals surface area contributed by atoms with E-state index in [0.717, 1.165) is 25.9 Å². The molecule has 1 saturated heterocycles.